The molecule has 6 heteroatoms. The van der Waals surface area contributed by atoms with Gasteiger partial charge in [-0.1, -0.05) is 26.0 Å². The summed E-state index contributed by atoms with van der Waals surface area (Å²) in [6.45, 7) is 7.40. The Morgan fingerprint density at radius 2 is 1.96 bits per heavy atom. The zero-order valence-corrected chi connectivity index (χ0v) is 13.7. The van der Waals surface area contributed by atoms with Crippen molar-refractivity contribution in [3.05, 3.63) is 53.9 Å². The van der Waals surface area contributed by atoms with E-state index in [0.29, 0.717) is 12.5 Å². The highest BCUT2D eigenvalue weighted by Crippen LogP contribution is 2.12. The third-order valence-electron chi connectivity index (χ3n) is 3.51. The van der Waals surface area contributed by atoms with Gasteiger partial charge in [0.1, 0.15) is 5.82 Å². The number of imidazole rings is 1. The number of aromatic nitrogens is 2. The van der Waals surface area contributed by atoms with Crippen molar-refractivity contribution in [2.24, 2.45) is 5.92 Å². The Morgan fingerprint density at radius 1 is 1.26 bits per heavy atom. The minimum absolute atomic E-state index is 0.198. The lowest BCUT2D eigenvalue weighted by molar-refractivity contribution is 0.237. The molecule has 5 nitrogen and oxygen atoms in total. The smallest absolute Gasteiger partial charge is 0.315 e. The molecule has 0 fully saturated rings. The SMILES string of the molecule is CC(C)Cn1cncc1CNC(=O)N[C@H](C)c1ccc(F)cc1. The first kappa shape index (κ1) is 17.0. The third kappa shape index (κ3) is 5.09. The zero-order valence-electron chi connectivity index (χ0n) is 13.7. The molecule has 1 heterocycles. The average Bonchev–Trinajstić information content (AvgIpc) is 2.92. The van der Waals surface area contributed by atoms with E-state index in [1.165, 1.54) is 12.1 Å². The van der Waals surface area contributed by atoms with Crippen LogP contribution in [-0.2, 0) is 13.1 Å². The number of urea groups is 1. The van der Waals surface area contributed by atoms with E-state index in [9.17, 15) is 9.18 Å². The van der Waals surface area contributed by atoms with Gasteiger partial charge in [-0.05, 0) is 30.5 Å². The van der Waals surface area contributed by atoms with Gasteiger partial charge in [0, 0.05) is 12.7 Å². The lowest BCUT2D eigenvalue weighted by atomic mass is 10.1. The summed E-state index contributed by atoms with van der Waals surface area (Å²) < 4.78 is 14.9. The number of rotatable bonds is 6. The van der Waals surface area contributed by atoms with Crippen LogP contribution in [0.1, 0.15) is 38.1 Å². The maximum absolute atomic E-state index is 12.9. The summed E-state index contributed by atoms with van der Waals surface area (Å²) in [5.41, 5.74) is 1.81. The van der Waals surface area contributed by atoms with E-state index < -0.39 is 0 Å². The van der Waals surface area contributed by atoms with Crippen molar-refractivity contribution >= 4 is 6.03 Å². The summed E-state index contributed by atoms with van der Waals surface area (Å²) in [5.74, 6) is 0.221. The van der Waals surface area contributed by atoms with Crippen LogP contribution in [0.15, 0.2) is 36.8 Å². The standard InChI is InChI=1S/C17H23FN4O/c1-12(2)10-22-11-19-8-16(22)9-20-17(23)21-13(3)14-4-6-15(18)7-5-14/h4-8,11-13H,9-10H2,1-3H3,(H2,20,21,23)/t13-/m1/s1. The zero-order chi connectivity index (χ0) is 16.8. The Morgan fingerprint density at radius 3 is 2.61 bits per heavy atom. The van der Waals surface area contributed by atoms with Crippen molar-refractivity contribution in [2.75, 3.05) is 0 Å². The summed E-state index contributed by atoms with van der Waals surface area (Å²) in [6.07, 6.45) is 3.53. The molecule has 0 aliphatic heterocycles. The van der Waals surface area contributed by atoms with Gasteiger partial charge in [0.2, 0.25) is 0 Å². The largest absolute Gasteiger partial charge is 0.333 e. The molecule has 0 bridgehead atoms. The normalized spacial score (nSPS) is 12.2. The molecule has 23 heavy (non-hydrogen) atoms. The van der Waals surface area contributed by atoms with Gasteiger partial charge in [-0.3, -0.25) is 0 Å². The average molecular weight is 318 g/mol. The Hall–Kier alpha value is -2.37. The van der Waals surface area contributed by atoms with E-state index in [-0.39, 0.29) is 17.9 Å². The number of nitrogens with one attached hydrogen (secondary N) is 2. The van der Waals surface area contributed by atoms with E-state index in [2.05, 4.69) is 29.5 Å². The van der Waals surface area contributed by atoms with Gasteiger partial charge < -0.3 is 15.2 Å². The number of carbonyl (C=O) groups excluding carboxylic acids is 1. The van der Waals surface area contributed by atoms with Crippen LogP contribution in [0.4, 0.5) is 9.18 Å². The molecule has 0 saturated carbocycles. The van der Waals surface area contributed by atoms with Crippen LogP contribution in [0.5, 0.6) is 0 Å². The summed E-state index contributed by atoms with van der Waals surface area (Å²) >= 11 is 0. The van der Waals surface area contributed by atoms with Crippen molar-refractivity contribution in [3.63, 3.8) is 0 Å². The molecule has 1 aromatic heterocycles. The summed E-state index contributed by atoms with van der Waals surface area (Å²) in [5, 5.41) is 5.66. The predicted molar refractivity (Wildman–Crippen MR) is 87.3 cm³/mol. The van der Waals surface area contributed by atoms with Crippen molar-refractivity contribution in [1.29, 1.82) is 0 Å². The van der Waals surface area contributed by atoms with Crippen LogP contribution in [0.25, 0.3) is 0 Å². The second kappa shape index (κ2) is 7.76. The molecule has 0 spiro atoms. The number of hydrogen-bond donors (Lipinski definition) is 2. The quantitative estimate of drug-likeness (QED) is 0.859. The van der Waals surface area contributed by atoms with Crippen LogP contribution in [-0.4, -0.2) is 15.6 Å². The number of amides is 2. The van der Waals surface area contributed by atoms with E-state index in [4.69, 9.17) is 0 Å². The van der Waals surface area contributed by atoms with E-state index in [1.807, 2.05) is 11.5 Å². The van der Waals surface area contributed by atoms with Gasteiger partial charge in [-0.25, -0.2) is 14.2 Å². The topological polar surface area (TPSA) is 59.0 Å². The van der Waals surface area contributed by atoms with Crippen LogP contribution in [0.3, 0.4) is 0 Å². The third-order valence-corrected chi connectivity index (χ3v) is 3.51. The maximum atomic E-state index is 12.9. The second-order valence-corrected chi connectivity index (χ2v) is 6.03. The molecular weight excluding hydrogens is 295 g/mol. The number of carbonyl (C=O) groups is 1. The lowest BCUT2D eigenvalue weighted by Crippen LogP contribution is -2.37. The molecule has 2 N–H and O–H groups in total. The van der Waals surface area contributed by atoms with E-state index in [1.54, 1.807) is 24.7 Å². The molecule has 1 aromatic carbocycles. The van der Waals surface area contributed by atoms with Crippen molar-refractivity contribution < 1.29 is 9.18 Å². The van der Waals surface area contributed by atoms with E-state index >= 15 is 0 Å². The van der Waals surface area contributed by atoms with Gasteiger partial charge in [-0.2, -0.15) is 0 Å². The summed E-state index contributed by atoms with van der Waals surface area (Å²) in [6, 6.07) is 5.64. The Bertz CT molecular complexity index is 636. The molecule has 2 aromatic rings. The monoisotopic (exact) mass is 318 g/mol. The van der Waals surface area contributed by atoms with Crippen LogP contribution < -0.4 is 10.6 Å². The van der Waals surface area contributed by atoms with Gasteiger partial charge in [-0.15, -0.1) is 0 Å². The minimum Gasteiger partial charge on any atom is -0.333 e. The minimum atomic E-state index is -0.288. The first-order chi connectivity index (χ1) is 11.0. The molecule has 0 aliphatic carbocycles. The summed E-state index contributed by atoms with van der Waals surface area (Å²) in [4.78, 5) is 16.1. The maximum Gasteiger partial charge on any atom is 0.315 e. The highest BCUT2D eigenvalue weighted by Gasteiger charge is 2.10. The van der Waals surface area contributed by atoms with Crippen molar-refractivity contribution in [3.8, 4) is 0 Å². The highest BCUT2D eigenvalue weighted by molar-refractivity contribution is 5.74. The molecule has 2 rings (SSSR count). The number of nitrogens with zero attached hydrogens (tertiary/aromatic N) is 2. The van der Waals surface area contributed by atoms with Crippen molar-refractivity contribution in [1.82, 2.24) is 20.2 Å². The molecule has 124 valence electrons. The van der Waals surface area contributed by atoms with Gasteiger partial charge in [0.05, 0.1) is 24.6 Å². The molecule has 0 unspecified atom stereocenters. The van der Waals surface area contributed by atoms with Crippen LogP contribution in [0, 0.1) is 11.7 Å². The Kier molecular flexibility index (Phi) is 5.73. The Balaban J connectivity index is 1.85. The van der Waals surface area contributed by atoms with Crippen LogP contribution in [0.2, 0.25) is 0 Å². The fraction of sp³-hybridized carbons (Fsp3) is 0.412. The lowest BCUT2D eigenvalue weighted by Gasteiger charge is -2.16. The number of hydrogen-bond acceptors (Lipinski definition) is 2. The first-order valence-electron chi connectivity index (χ1n) is 7.74. The van der Waals surface area contributed by atoms with Crippen molar-refractivity contribution in [2.45, 2.75) is 39.9 Å². The molecule has 1 atom stereocenters. The fourth-order valence-electron chi connectivity index (χ4n) is 2.31. The molecule has 0 aliphatic rings. The fourth-order valence-corrected chi connectivity index (χ4v) is 2.31. The number of benzene rings is 1. The van der Waals surface area contributed by atoms with Gasteiger partial charge in [0.15, 0.2) is 0 Å². The highest BCUT2D eigenvalue weighted by atomic mass is 19.1. The first-order valence-corrected chi connectivity index (χ1v) is 7.74. The van der Waals surface area contributed by atoms with Gasteiger partial charge in [0.25, 0.3) is 0 Å². The predicted octanol–water partition coefficient (Wildman–Crippen LogP) is 3.24. The second-order valence-electron chi connectivity index (χ2n) is 6.03. The number of halogens is 1. The summed E-state index contributed by atoms with van der Waals surface area (Å²) in [7, 11) is 0. The molecule has 0 radical (unpaired) electrons. The van der Waals surface area contributed by atoms with Gasteiger partial charge >= 0.3 is 6.03 Å². The molecular formula is C17H23FN4O. The van der Waals surface area contributed by atoms with E-state index in [0.717, 1.165) is 17.8 Å². The van der Waals surface area contributed by atoms with Crippen LogP contribution >= 0.6 is 0 Å². The Labute approximate surface area is 135 Å². The molecule has 2 amide bonds. The molecule has 0 saturated heterocycles.